The van der Waals surface area contributed by atoms with Crippen LogP contribution in [0.2, 0.25) is 0 Å². The summed E-state index contributed by atoms with van der Waals surface area (Å²) in [6.45, 7) is 1.84. The van der Waals surface area contributed by atoms with Gasteiger partial charge in [0.2, 0.25) is 0 Å². The maximum Gasteiger partial charge on any atom is 0.110 e. The van der Waals surface area contributed by atoms with E-state index in [0.29, 0.717) is 11.8 Å². The average Bonchev–Trinajstić information content (AvgIpc) is 2.29. The Morgan fingerprint density at radius 3 is 2.62 bits per heavy atom. The van der Waals surface area contributed by atoms with E-state index in [1.54, 1.807) is 12.1 Å². The summed E-state index contributed by atoms with van der Waals surface area (Å²) in [4.78, 5) is 0. The van der Waals surface area contributed by atoms with Crippen molar-refractivity contribution in [3.8, 4) is 0 Å². The molecule has 1 heterocycles. The zero-order chi connectivity index (χ0) is 11.4. The van der Waals surface area contributed by atoms with Gasteiger partial charge in [-0.3, -0.25) is 0 Å². The molecule has 0 bridgehead atoms. The summed E-state index contributed by atoms with van der Waals surface area (Å²) >= 11 is 0. The lowest BCUT2D eigenvalue weighted by atomic mass is 10.1. The smallest absolute Gasteiger partial charge is 0.110 e. The van der Waals surface area contributed by atoms with Gasteiger partial charge < -0.3 is 9.62 Å². The molecule has 1 aromatic heterocycles. The van der Waals surface area contributed by atoms with Crippen molar-refractivity contribution < 1.29 is 9.62 Å². The maximum atomic E-state index is 8.74. The molecule has 0 aliphatic carbocycles. The van der Waals surface area contributed by atoms with E-state index in [0.717, 1.165) is 11.5 Å². The summed E-state index contributed by atoms with van der Waals surface area (Å²) in [6.07, 6.45) is 0.699. The van der Waals surface area contributed by atoms with Crippen LogP contribution < -0.4 is 5.36 Å². The van der Waals surface area contributed by atoms with E-state index < -0.39 is 0 Å². The monoisotopic (exact) mass is 215 g/mol. The first kappa shape index (κ1) is 10.5. The second-order valence-electron chi connectivity index (χ2n) is 3.65. The van der Waals surface area contributed by atoms with Crippen molar-refractivity contribution in [2.75, 3.05) is 0 Å². The van der Waals surface area contributed by atoms with Crippen LogP contribution in [0, 0.1) is 6.92 Å². The molecule has 0 amide bonds. The first-order chi connectivity index (χ1) is 7.78. The maximum absolute atomic E-state index is 8.74. The predicted molar refractivity (Wildman–Crippen MR) is 60.0 cm³/mol. The number of benzene rings is 1. The summed E-state index contributed by atoms with van der Waals surface area (Å²) in [5.74, 6) is 1.53. The fourth-order valence-corrected chi connectivity index (χ4v) is 1.62. The molecule has 0 atom stereocenters. The normalized spacial score (nSPS) is 11.7. The minimum absolute atomic E-state index is 0.523. The molecule has 0 fully saturated rings. The summed E-state index contributed by atoms with van der Waals surface area (Å²) in [5.41, 5.74) is 1.17. The lowest BCUT2D eigenvalue weighted by molar-refractivity contribution is 0.300. The quantitative estimate of drug-likeness (QED) is 0.618. The molecule has 0 saturated carbocycles. The first-order valence-corrected chi connectivity index (χ1v) is 5.10. The van der Waals surface area contributed by atoms with Crippen molar-refractivity contribution in [2.45, 2.75) is 13.3 Å². The van der Waals surface area contributed by atoms with Crippen molar-refractivity contribution in [1.29, 1.82) is 0 Å². The van der Waals surface area contributed by atoms with Gasteiger partial charge in [-0.1, -0.05) is 35.5 Å². The SMILES string of the molecule is Cc1c/c(=N\O)cc(Cc2ccccc2)o1. The third-order valence-corrected chi connectivity index (χ3v) is 2.29. The number of rotatable bonds is 2. The Morgan fingerprint density at radius 2 is 1.94 bits per heavy atom. The van der Waals surface area contributed by atoms with Crippen molar-refractivity contribution in [3.05, 3.63) is 64.9 Å². The number of aryl methyl sites for hydroxylation is 1. The molecule has 3 heteroatoms. The van der Waals surface area contributed by atoms with Gasteiger partial charge in [-0.2, -0.15) is 0 Å². The van der Waals surface area contributed by atoms with E-state index in [4.69, 9.17) is 9.62 Å². The molecule has 0 saturated heterocycles. The van der Waals surface area contributed by atoms with Crippen LogP contribution >= 0.6 is 0 Å². The van der Waals surface area contributed by atoms with Crippen LogP contribution in [0.4, 0.5) is 0 Å². The van der Waals surface area contributed by atoms with Gasteiger partial charge in [-0.25, -0.2) is 0 Å². The number of hydrogen-bond donors (Lipinski definition) is 1. The molecule has 0 unspecified atom stereocenters. The molecule has 0 radical (unpaired) electrons. The summed E-state index contributed by atoms with van der Waals surface area (Å²) in [5, 5.41) is 12.4. The third-order valence-electron chi connectivity index (χ3n) is 2.29. The van der Waals surface area contributed by atoms with Crippen LogP contribution in [0.5, 0.6) is 0 Å². The molecular formula is C13H13NO2. The number of nitrogens with zero attached hydrogens (tertiary/aromatic N) is 1. The Labute approximate surface area is 93.7 Å². The van der Waals surface area contributed by atoms with Crippen molar-refractivity contribution in [3.63, 3.8) is 0 Å². The Morgan fingerprint density at radius 1 is 1.19 bits per heavy atom. The van der Waals surface area contributed by atoms with Crippen LogP contribution in [-0.2, 0) is 6.42 Å². The highest BCUT2D eigenvalue weighted by molar-refractivity contribution is 5.20. The van der Waals surface area contributed by atoms with E-state index in [1.807, 2.05) is 37.3 Å². The highest BCUT2D eigenvalue weighted by Crippen LogP contribution is 2.08. The molecule has 2 rings (SSSR count). The molecule has 2 aromatic rings. The van der Waals surface area contributed by atoms with Gasteiger partial charge in [0.25, 0.3) is 0 Å². The molecule has 1 N–H and O–H groups in total. The van der Waals surface area contributed by atoms with Gasteiger partial charge >= 0.3 is 0 Å². The lowest BCUT2D eigenvalue weighted by Gasteiger charge is -2.02. The van der Waals surface area contributed by atoms with Crippen molar-refractivity contribution >= 4 is 0 Å². The topological polar surface area (TPSA) is 45.7 Å². The number of hydrogen-bond acceptors (Lipinski definition) is 3. The summed E-state index contributed by atoms with van der Waals surface area (Å²) in [6, 6.07) is 13.5. The van der Waals surface area contributed by atoms with Crippen LogP contribution in [0.1, 0.15) is 17.1 Å². The highest BCUT2D eigenvalue weighted by atomic mass is 16.4. The predicted octanol–water partition coefficient (Wildman–Crippen LogP) is 2.47. The summed E-state index contributed by atoms with van der Waals surface area (Å²) in [7, 11) is 0. The van der Waals surface area contributed by atoms with Crippen LogP contribution in [-0.4, -0.2) is 5.21 Å². The second-order valence-corrected chi connectivity index (χ2v) is 3.65. The van der Waals surface area contributed by atoms with Crippen molar-refractivity contribution in [2.24, 2.45) is 5.16 Å². The fourth-order valence-electron chi connectivity index (χ4n) is 1.62. The molecule has 0 aliphatic heterocycles. The van der Waals surface area contributed by atoms with Gasteiger partial charge in [0, 0.05) is 18.6 Å². The highest BCUT2D eigenvalue weighted by Gasteiger charge is 2.00. The van der Waals surface area contributed by atoms with Gasteiger partial charge in [0.05, 0.1) is 0 Å². The Bertz CT molecular complexity index is 529. The standard InChI is InChI=1S/C13H13NO2/c1-10-7-12(14-15)9-13(16-10)8-11-5-3-2-4-6-11/h2-7,9,15H,8H2,1H3/b14-12+. The summed E-state index contributed by atoms with van der Waals surface area (Å²) < 4.78 is 5.55. The van der Waals surface area contributed by atoms with Crippen molar-refractivity contribution in [1.82, 2.24) is 0 Å². The fraction of sp³-hybridized carbons (Fsp3) is 0.154. The van der Waals surface area contributed by atoms with E-state index in [9.17, 15) is 0 Å². The Hall–Kier alpha value is -2.03. The molecule has 0 aliphatic rings. The van der Waals surface area contributed by atoms with Gasteiger partial charge in [0.15, 0.2) is 0 Å². The molecular weight excluding hydrogens is 202 g/mol. The van der Waals surface area contributed by atoms with Gasteiger partial charge in [-0.05, 0) is 12.5 Å². The molecule has 0 spiro atoms. The van der Waals surface area contributed by atoms with E-state index in [2.05, 4.69) is 5.16 Å². The van der Waals surface area contributed by atoms with Crippen LogP contribution in [0.15, 0.2) is 52.0 Å². The Balaban J connectivity index is 2.32. The van der Waals surface area contributed by atoms with E-state index in [-0.39, 0.29) is 0 Å². The molecule has 16 heavy (non-hydrogen) atoms. The third kappa shape index (κ3) is 2.51. The van der Waals surface area contributed by atoms with Crippen LogP contribution in [0.25, 0.3) is 0 Å². The lowest BCUT2D eigenvalue weighted by Crippen LogP contribution is -2.03. The van der Waals surface area contributed by atoms with Gasteiger partial charge in [-0.15, -0.1) is 0 Å². The van der Waals surface area contributed by atoms with Crippen LogP contribution in [0.3, 0.4) is 0 Å². The minimum Gasteiger partial charge on any atom is -0.466 e. The van der Waals surface area contributed by atoms with E-state index >= 15 is 0 Å². The van der Waals surface area contributed by atoms with E-state index in [1.165, 1.54) is 5.56 Å². The van der Waals surface area contributed by atoms with Gasteiger partial charge in [0.1, 0.15) is 16.9 Å². The molecule has 3 nitrogen and oxygen atoms in total. The molecule has 82 valence electrons. The Kier molecular flexibility index (Phi) is 3.05. The second kappa shape index (κ2) is 4.66. The molecule has 1 aromatic carbocycles. The average molecular weight is 215 g/mol. The zero-order valence-electron chi connectivity index (χ0n) is 9.05. The first-order valence-electron chi connectivity index (χ1n) is 5.10. The largest absolute Gasteiger partial charge is 0.466 e. The zero-order valence-corrected chi connectivity index (χ0v) is 9.05. The minimum atomic E-state index is 0.523.